The van der Waals surface area contributed by atoms with E-state index >= 15 is 0 Å². The van der Waals surface area contributed by atoms with E-state index < -0.39 is 11.0 Å². The monoisotopic (exact) mass is 239 g/mol. The minimum absolute atomic E-state index is 0.213. The lowest BCUT2D eigenvalue weighted by atomic mass is 9.83. The van der Waals surface area contributed by atoms with Crippen molar-refractivity contribution in [1.29, 1.82) is 0 Å². The van der Waals surface area contributed by atoms with Gasteiger partial charge in [-0.15, -0.1) is 0 Å². The molecule has 1 fully saturated rings. The first kappa shape index (κ1) is 12.1. The van der Waals surface area contributed by atoms with E-state index in [1.54, 1.807) is 0 Å². The third kappa shape index (κ3) is 2.35. The molecule has 0 aliphatic carbocycles. The molecule has 5 nitrogen and oxygen atoms in total. The van der Waals surface area contributed by atoms with Crippen LogP contribution in [0.1, 0.15) is 19.6 Å². The van der Waals surface area contributed by atoms with Crippen LogP contribution in [0.15, 0.2) is 21.5 Å². The number of rotatable bonds is 3. The normalized spacial score (nSPS) is 19.3. The van der Waals surface area contributed by atoms with E-state index in [0.29, 0.717) is 25.4 Å². The van der Waals surface area contributed by atoms with Gasteiger partial charge in [0.05, 0.1) is 12.1 Å². The molecule has 1 aliphatic heterocycles. The minimum atomic E-state index is -0.628. The van der Waals surface area contributed by atoms with Gasteiger partial charge in [0.2, 0.25) is 5.43 Å². The van der Waals surface area contributed by atoms with Gasteiger partial charge in [0, 0.05) is 19.2 Å². The van der Waals surface area contributed by atoms with Crippen LogP contribution in [0, 0.1) is 5.92 Å². The Balaban J connectivity index is 1.96. The molecular weight excluding hydrogens is 222 g/mol. The molecule has 94 valence electrons. The zero-order valence-electron chi connectivity index (χ0n) is 10.0. The molecular formula is C12H17NO4. The van der Waals surface area contributed by atoms with Crippen molar-refractivity contribution in [3.8, 4) is 5.75 Å². The maximum absolute atomic E-state index is 11.2. The summed E-state index contributed by atoms with van der Waals surface area (Å²) in [6.45, 7) is 5.60. The number of aliphatic hydroxyl groups is 1. The number of hydrogen-bond acceptors (Lipinski definition) is 5. The number of aromatic hydroxyl groups is 1. The molecule has 2 N–H and O–H groups in total. The summed E-state index contributed by atoms with van der Waals surface area (Å²) in [5.41, 5.74) is -1.07. The fraction of sp³-hybridized carbons (Fsp3) is 0.583. The molecule has 1 aromatic heterocycles. The highest BCUT2D eigenvalue weighted by Crippen LogP contribution is 2.29. The van der Waals surface area contributed by atoms with Gasteiger partial charge in [-0.1, -0.05) is 13.8 Å². The van der Waals surface area contributed by atoms with Crippen LogP contribution in [0.4, 0.5) is 0 Å². The highest BCUT2D eigenvalue weighted by Gasteiger charge is 2.43. The molecule has 0 spiro atoms. The van der Waals surface area contributed by atoms with Crippen molar-refractivity contribution in [2.24, 2.45) is 5.92 Å². The zero-order chi connectivity index (χ0) is 12.6. The lowest BCUT2D eigenvalue weighted by Gasteiger charge is -2.48. The van der Waals surface area contributed by atoms with E-state index in [2.05, 4.69) is 0 Å². The Bertz CT molecular complexity index is 460. The topological polar surface area (TPSA) is 73.9 Å². The Morgan fingerprint density at radius 1 is 1.53 bits per heavy atom. The first-order valence-corrected chi connectivity index (χ1v) is 5.66. The molecule has 0 amide bonds. The summed E-state index contributed by atoms with van der Waals surface area (Å²) in [6, 6.07) is 1.28. The molecule has 0 radical (unpaired) electrons. The Labute approximate surface area is 99.3 Å². The third-order valence-electron chi connectivity index (χ3n) is 3.32. The zero-order valence-corrected chi connectivity index (χ0v) is 10.0. The third-order valence-corrected chi connectivity index (χ3v) is 3.32. The molecule has 17 heavy (non-hydrogen) atoms. The van der Waals surface area contributed by atoms with Crippen LogP contribution in [-0.4, -0.2) is 33.8 Å². The molecule has 2 rings (SSSR count). The largest absolute Gasteiger partial charge is 0.502 e. The van der Waals surface area contributed by atoms with Gasteiger partial charge in [-0.05, 0) is 5.92 Å². The van der Waals surface area contributed by atoms with Crippen molar-refractivity contribution in [2.75, 3.05) is 13.1 Å². The van der Waals surface area contributed by atoms with Crippen LogP contribution in [0.5, 0.6) is 5.75 Å². The van der Waals surface area contributed by atoms with Crippen molar-refractivity contribution >= 4 is 0 Å². The Morgan fingerprint density at radius 2 is 2.18 bits per heavy atom. The lowest BCUT2D eigenvalue weighted by Crippen LogP contribution is -2.63. The van der Waals surface area contributed by atoms with E-state index in [9.17, 15) is 9.90 Å². The molecule has 1 aliphatic rings. The molecule has 0 aromatic carbocycles. The van der Waals surface area contributed by atoms with Crippen LogP contribution in [0.25, 0.3) is 0 Å². The maximum atomic E-state index is 11.2. The van der Waals surface area contributed by atoms with E-state index in [1.165, 1.54) is 6.07 Å². The van der Waals surface area contributed by atoms with Gasteiger partial charge in [0.15, 0.2) is 5.75 Å². The SMILES string of the molecule is CC(C)C1(O)CN(Cc2cc(=O)c(O)co2)C1. The number of hydrogen-bond donors (Lipinski definition) is 2. The van der Waals surface area contributed by atoms with E-state index in [4.69, 9.17) is 9.52 Å². The molecule has 0 saturated carbocycles. The van der Waals surface area contributed by atoms with Gasteiger partial charge in [0.25, 0.3) is 0 Å². The quantitative estimate of drug-likeness (QED) is 0.805. The second kappa shape index (κ2) is 4.16. The fourth-order valence-electron chi connectivity index (χ4n) is 1.95. The average Bonchev–Trinajstić information content (AvgIpc) is 2.20. The molecule has 1 saturated heterocycles. The van der Waals surface area contributed by atoms with Crippen LogP contribution in [0.2, 0.25) is 0 Å². The Hall–Kier alpha value is -1.33. The number of β-amino-alcohol motifs (C(OH)–C–C–N with tert-alkyl or cyclic N) is 1. The second-order valence-corrected chi connectivity index (χ2v) is 5.00. The fourth-order valence-corrected chi connectivity index (χ4v) is 1.95. The van der Waals surface area contributed by atoms with Crippen LogP contribution in [-0.2, 0) is 6.54 Å². The first-order valence-electron chi connectivity index (χ1n) is 5.66. The molecule has 0 unspecified atom stereocenters. The van der Waals surface area contributed by atoms with Crippen molar-refractivity contribution in [1.82, 2.24) is 4.90 Å². The van der Waals surface area contributed by atoms with Gasteiger partial charge in [0.1, 0.15) is 12.0 Å². The van der Waals surface area contributed by atoms with Crippen molar-refractivity contribution in [2.45, 2.75) is 26.0 Å². The molecule has 1 aromatic rings. The molecule has 0 bridgehead atoms. The van der Waals surface area contributed by atoms with Crippen molar-refractivity contribution in [3.05, 3.63) is 28.3 Å². The summed E-state index contributed by atoms with van der Waals surface area (Å²) in [6.07, 6.45) is 1.05. The molecule has 5 heteroatoms. The Kier molecular flexibility index (Phi) is 2.97. The molecule has 0 atom stereocenters. The highest BCUT2D eigenvalue weighted by atomic mass is 16.4. The van der Waals surface area contributed by atoms with Gasteiger partial charge in [-0.25, -0.2) is 0 Å². The summed E-state index contributed by atoms with van der Waals surface area (Å²) in [7, 11) is 0. The summed E-state index contributed by atoms with van der Waals surface area (Å²) < 4.78 is 5.10. The number of nitrogens with zero attached hydrogens (tertiary/aromatic N) is 1. The first-order chi connectivity index (χ1) is 7.90. The predicted octanol–water partition coefficient (Wildman–Crippen LogP) is 0.548. The van der Waals surface area contributed by atoms with Crippen LogP contribution >= 0.6 is 0 Å². The van der Waals surface area contributed by atoms with E-state index in [-0.39, 0.29) is 11.7 Å². The standard InChI is InChI=1S/C12H17NO4/c1-8(2)12(16)6-13(7-12)4-9-3-10(14)11(15)5-17-9/h3,5,8,15-16H,4,6-7H2,1-2H3. The number of likely N-dealkylation sites (tertiary alicyclic amines) is 1. The lowest BCUT2D eigenvalue weighted by molar-refractivity contribution is -0.132. The molecule has 2 heterocycles. The van der Waals surface area contributed by atoms with Crippen LogP contribution < -0.4 is 5.43 Å². The smallest absolute Gasteiger partial charge is 0.226 e. The van der Waals surface area contributed by atoms with Crippen molar-refractivity contribution < 1.29 is 14.6 Å². The summed E-state index contributed by atoms with van der Waals surface area (Å²) in [4.78, 5) is 13.2. The Morgan fingerprint density at radius 3 is 2.71 bits per heavy atom. The van der Waals surface area contributed by atoms with Gasteiger partial charge in [-0.3, -0.25) is 9.69 Å². The summed E-state index contributed by atoms with van der Waals surface area (Å²) >= 11 is 0. The van der Waals surface area contributed by atoms with Crippen LogP contribution in [0.3, 0.4) is 0 Å². The van der Waals surface area contributed by atoms with Gasteiger partial charge >= 0.3 is 0 Å². The second-order valence-electron chi connectivity index (χ2n) is 5.00. The maximum Gasteiger partial charge on any atom is 0.226 e. The highest BCUT2D eigenvalue weighted by molar-refractivity contribution is 5.16. The van der Waals surface area contributed by atoms with Gasteiger partial charge in [-0.2, -0.15) is 0 Å². The average molecular weight is 239 g/mol. The minimum Gasteiger partial charge on any atom is -0.502 e. The van der Waals surface area contributed by atoms with Crippen molar-refractivity contribution in [3.63, 3.8) is 0 Å². The summed E-state index contributed by atoms with van der Waals surface area (Å²) in [5.74, 6) is 0.334. The van der Waals surface area contributed by atoms with E-state index in [0.717, 1.165) is 6.26 Å². The predicted molar refractivity (Wildman–Crippen MR) is 61.7 cm³/mol. The van der Waals surface area contributed by atoms with Gasteiger partial charge < -0.3 is 14.6 Å². The summed E-state index contributed by atoms with van der Waals surface area (Å²) in [5, 5.41) is 19.1. The van der Waals surface area contributed by atoms with E-state index in [1.807, 2.05) is 18.7 Å².